The molecule has 1 aromatic carbocycles. The topological polar surface area (TPSA) is 125 Å². The molecule has 4 heterocycles. The second-order valence-electron chi connectivity index (χ2n) is 11.8. The molecule has 6 atom stereocenters. The first-order valence-electron chi connectivity index (χ1n) is 15.0. The molecule has 3 amide bonds. The number of aliphatic hydroxyl groups is 1. The van der Waals surface area contributed by atoms with E-state index < -0.39 is 41.7 Å². The largest absolute Gasteiger partial charge is 0.460 e. The maximum absolute atomic E-state index is 14.8. The van der Waals surface area contributed by atoms with Gasteiger partial charge in [0.05, 0.1) is 18.6 Å². The van der Waals surface area contributed by atoms with Gasteiger partial charge in [-0.05, 0) is 63.6 Å². The Morgan fingerprint density at radius 3 is 2.67 bits per heavy atom. The number of nitrogens with zero attached hydrogens (tertiary/aromatic N) is 2. The average molecular weight is 580 g/mol. The first-order chi connectivity index (χ1) is 20.2. The average Bonchev–Trinajstić information content (AvgIpc) is 3.60. The Balaban J connectivity index is 1.59. The third-order valence-electron chi connectivity index (χ3n) is 8.76. The zero-order chi connectivity index (χ0) is 30.0. The Bertz CT molecular complexity index is 1290. The van der Waals surface area contributed by atoms with Gasteiger partial charge >= 0.3 is 5.97 Å². The van der Waals surface area contributed by atoms with E-state index in [1.54, 1.807) is 28.9 Å². The lowest BCUT2D eigenvalue weighted by molar-refractivity contribution is -0.158. The highest BCUT2D eigenvalue weighted by Gasteiger charge is 2.73. The van der Waals surface area contributed by atoms with Gasteiger partial charge in [-0.1, -0.05) is 36.4 Å². The van der Waals surface area contributed by atoms with Gasteiger partial charge in [-0.15, -0.1) is 0 Å². The fraction of sp³-hybridized carbons (Fsp3) is 0.562. The van der Waals surface area contributed by atoms with Crippen LogP contribution >= 0.6 is 0 Å². The van der Waals surface area contributed by atoms with Gasteiger partial charge in [0.25, 0.3) is 5.91 Å². The first-order valence-corrected chi connectivity index (χ1v) is 15.0. The number of hydrogen-bond acceptors (Lipinski definition) is 7. The number of allylic oxidation sites excluding steroid dienone is 1. The van der Waals surface area contributed by atoms with Crippen LogP contribution in [0.15, 0.2) is 42.5 Å². The van der Waals surface area contributed by atoms with Crippen LogP contribution in [0.25, 0.3) is 0 Å². The van der Waals surface area contributed by atoms with Gasteiger partial charge in [-0.2, -0.15) is 0 Å². The smallest absolute Gasteiger partial charge is 0.313 e. The predicted octanol–water partition coefficient (Wildman–Crippen LogP) is 2.35. The van der Waals surface area contributed by atoms with E-state index in [1.165, 1.54) is 0 Å². The van der Waals surface area contributed by atoms with E-state index in [0.29, 0.717) is 32.2 Å². The van der Waals surface area contributed by atoms with Gasteiger partial charge < -0.3 is 29.7 Å². The number of hydrogen-bond donors (Lipinski definition) is 2. The van der Waals surface area contributed by atoms with E-state index in [-0.39, 0.29) is 43.8 Å². The van der Waals surface area contributed by atoms with Crippen LogP contribution < -0.4 is 10.2 Å². The zero-order valence-corrected chi connectivity index (χ0v) is 24.6. The van der Waals surface area contributed by atoms with E-state index in [4.69, 9.17) is 9.47 Å². The molecule has 5 rings (SSSR count). The zero-order valence-electron chi connectivity index (χ0n) is 24.6. The molecule has 2 saturated heterocycles. The summed E-state index contributed by atoms with van der Waals surface area (Å²) in [5.41, 5.74) is 1.32. The second-order valence-corrected chi connectivity index (χ2v) is 11.8. The van der Waals surface area contributed by atoms with Gasteiger partial charge in [0, 0.05) is 31.8 Å². The monoisotopic (exact) mass is 579 g/mol. The number of rotatable bonds is 6. The third kappa shape index (κ3) is 5.49. The number of cyclic esters (lactones) is 1. The Morgan fingerprint density at radius 1 is 1.07 bits per heavy atom. The van der Waals surface area contributed by atoms with Crippen molar-refractivity contribution in [2.75, 3.05) is 31.1 Å². The molecule has 226 valence electrons. The van der Waals surface area contributed by atoms with Gasteiger partial charge in [0.2, 0.25) is 11.8 Å². The molecular weight excluding hydrogens is 538 g/mol. The molecule has 0 aromatic heterocycles. The van der Waals surface area contributed by atoms with Crippen LogP contribution in [0.5, 0.6) is 0 Å². The number of ether oxygens (including phenoxy) is 2. The molecule has 2 N–H and O–H groups in total. The first kappa shape index (κ1) is 30.0. The van der Waals surface area contributed by atoms with Crippen LogP contribution in [0.2, 0.25) is 0 Å². The molecular formula is C32H41N3O7. The molecule has 0 saturated carbocycles. The van der Waals surface area contributed by atoms with Gasteiger partial charge in [-0.3, -0.25) is 19.2 Å². The van der Waals surface area contributed by atoms with Crippen LogP contribution in [0.1, 0.15) is 50.2 Å². The van der Waals surface area contributed by atoms with E-state index in [1.807, 2.05) is 44.2 Å². The normalized spacial score (nSPS) is 32.2. The number of aryl methyl sites for hydroxylation is 2. The lowest BCUT2D eigenvalue weighted by Gasteiger charge is -2.36. The number of benzene rings is 1. The minimum absolute atomic E-state index is 0.0513. The Labute approximate surface area is 246 Å². The molecule has 4 aliphatic rings. The quantitative estimate of drug-likeness (QED) is 0.301. The molecule has 42 heavy (non-hydrogen) atoms. The van der Waals surface area contributed by atoms with Crippen molar-refractivity contribution in [1.82, 2.24) is 10.2 Å². The summed E-state index contributed by atoms with van der Waals surface area (Å²) in [4.78, 5) is 58.1. The fourth-order valence-corrected chi connectivity index (χ4v) is 6.67. The summed E-state index contributed by atoms with van der Waals surface area (Å²) in [7, 11) is 0. The molecule has 0 unspecified atom stereocenters. The SMILES string of the molecule is Cc1ccc(C)c(N2C/C=C\CCC(=O)NC[C@@H](C)OC(=O)[C@@H]3[C@@H]4C=C[C@]5(O4)[C@H](C2=O)N(CCCCCO)C(=O)[C@@H]35)c1. The molecule has 0 aliphatic carbocycles. The molecule has 10 heteroatoms. The highest BCUT2D eigenvalue weighted by atomic mass is 16.6. The summed E-state index contributed by atoms with van der Waals surface area (Å²) in [6, 6.07) is 4.93. The minimum atomic E-state index is -1.30. The van der Waals surface area contributed by atoms with Crippen molar-refractivity contribution in [2.45, 2.75) is 76.7 Å². The molecule has 4 aliphatic heterocycles. The minimum Gasteiger partial charge on any atom is -0.460 e. The molecule has 0 radical (unpaired) electrons. The standard InChI is InChI=1S/C32H41N3O7/c1-20-11-12-21(2)23(18-20)34-15-7-4-6-10-25(37)33-19-22(3)41-31(40)26-24-13-14-32(42-24)27(26)29(38)35(28(32)30(34)39)16-8-5-9-17-36/h4,7,11-14,18,22,24,26-28,36H,5-6,8-10,15-17,19H2,1-3H3,(H,33,37)/b7-4-/t22-,24+,26-,27-,28+,32-/m1/s1. The molecule has 10 nitrogen and oxygen atoms in total. The molecule has 1 spiro atoms. The highest BCUT2D eigenvalue weighted by molar-refractivity contribution is 6.05. The maximum atomic E-state index is 14.8. The number of unbranched alkanes of at least 4 members (excludes halogenated alkanes) is 2. The summed E-state index contributed by atoms with van der Waals surface area (Å²) in [6.45, 7) is 6.35. The highest BCUT2D eigenvalue weighted by Crippen LogP contribution is 2.55. The van der Waals surface area contributed by atoms with Gasteiger partial charge in [-0.25, -0.2) is 0 Å². The lowest BCUT2D eigenvalue weighted by atomic mass is 9.74. The number of anilines is 1. The molecule has 5 bridgehead atoms. The summed E-state index contributed by atoms with van der Waals surface area (Å²) in [6.07, 6.45) is 8.67. The van der Waals surface area contributed by atoms with Crippen LogP contribution in [-0.4, -0.2) is 83.8 Å². The van der Waals surface area contributed by atoms with Crippen LogP contribution in [0.4, 0.5) is 5.69 Å². The van der Waals surface area contributed by atoms with Crippen molar-refractivity contribution >= 4 is 29.4 Å². The number of likely N-dealkylation sites (tertiary alicyclic amines) is 1. The summed E-state index contributed by atoms with van der Waals surface area (Å²) < 4.78 is 12.2. The van der Waals surface area contributed by atoms with E-state index in [2.05, 4.69) is 5.32 Å². The summed E-state index contributed by atoms with van der Waals surface area (Å²) in [5.74, 6) is -3.13. The van der Waals surface area contributed by atoms with E-state index >= 15 is 0 Å². The fourth-order valence-electron chi connectivity index (χ4n) is 6.67. The predicted molar refractivity (Wildman–Crippen MR) is 155 cm³/mol. The van der Waals surface area contributed by atoms with Crippen LogP contribution in [0, 0.1) is 25.7 Å². The van der Waals surface area contributed by atoms with Crippen molar-refractivity contribution in [3.05, 3.63) is 53.6 Å². The Morgan fingerprint density at radius 2 is 1.88 bits per heavy atom. The molecule has 2 fully saturated rings. The summed E-state index contributed by atoms with van der Waals surface area (Å²) >= 11 is 0. The van der Waals surface area contributed by atoms with Crippen molar-refractivity contribution in [3.63, 3.8) is 0 Å². The number of fused-ring (bicyclic) bond motifs is 2. The van der Waals surface area contributed by atoms with Crippen molar-refractivity contribution in [3.8, 4) is 0 Å². The second kappa shape index (κ2) is 12.4. The number of nitrogens with one attached hydrogen (secondary N) is 1. The van der Waals surface area contributed by atoms with E-state index in [9.17, 15) is 24.3 Å². The van der Waals surface area contributed by atoms with Crippen LogP contribution in [0.3, 0.4) is 0 Å². The van der Waals surface area contributed by atoms with Crippen molar-refractivity contribution < 1.29 is 33.8 Å². The lowest BCUT2D eigenvalue weighted by Crippen LogP contribution is -2.56. The van der Waals surface area contributed by atoms with Crippen molar-refractivity contribution in [2.24, 2.45) is 11.8 Å². The van der Waals surface area contributed by atoms with Crippen LogP contribution in [-0.2, 0) is 28.7 Å². The number of amides is 3. The maximum Gasteiger partial charge on any atom is 0.313 e. The Kier molecular flexibility index (Phi) is 8.84. The summed E-state index contributed by atoms with van der Waals surface area (Å²) in [5, 5.41) is 12.1. The number of esters is 1. The Hall–Kier alpha value is -3.50. The number of carbonyl (C=O) groups is 4. The van der Waals surface area contributed by atoms with Gasteiger partial charge in [0.15, 0.2) is 0 Å². The van der Waals surface area contributed by atoms with Gasteiger partial charge in [0.1, 0.15) is 23.7 Å². The molecule has 1 aromatic rings. The van der Waals surface area contributed by atoms with E-state index in [0.717, 1.165) is 16.8 Å². The third-order valence-corrected chi connectivity index (χ3v) is 8.76. The van der Waals surface area contributed by atoms with Crippen molar-refractivity contribution in [1.29, 1.82) is 0 Å². The number of aliphatic hydroxyl groups excluding tert-OH is 1. The number of carbonyl (C=O) groups excluding carboxylic acids is 4.